The van der Waals surface area contributed by atoms with E-state index < -0.39 is 12.0 Å². The number of hydrogen-bond donors (Lipinski definition) is 2. The molecule has 4 rings (SSSR count). The van der Waals surface area contributed by atoms with Crippen LogP contribution >= 0.6 is 0 Å². The minimum absolute atomic E-state index is 0.0253. The number of anilines is 3. The van der Waals surface area contributed by atoms with Crippen molar-refractivity contribution < 1.29 is 19.1 Å². The second-order valence-electron chi connectivity index (χ2n) is 8.21. The summed E-state index contributed by atoms with van der Waals surface area (Å²) in [7, 11) is 1.59. The molecule has 1 fully saturated rings. The molecule has 1 aliphatic heterocycles. The van der Waals surface area contributed by atoms with Crippen LogP contribution in [0.25, 0.3) is 0 Å². The van der Waals surface area contributed by atoms with E-state index in [4.69, 9.17) is 4.74 Å². The third-order valence-electron chi connectivity index (χ3n) is 5.90. The first-order chi connectivity index (χ1) is 16.5. The number of ether oxygens (including phenoxy) is 1. The van der Waals surface area contributed by atoms with Gasteiger partial charge in [-0.3, -0.25) is 14.4 Å². The fraction of sp³-hybridized carbons (Fsp3) is 0.222. The van der Waals surface area contributed by atoms with Gasteiger partial charge in [-0.05, 0) is 60.5 Å². The molecule has 0 saturated carbocycles. The van der Waals surface area contributed by atoms with Crippen LogP contribution in [0.5, 0.6) is 5.75 Å². The number of piperidine rings is 1. The van der Waals surface area contributed by atoms with Crippen molar-refractivity contribution in [2.75, 3.05) is 22.6 Å². The van der Waals surface area contributed by atoms with Crippen LogP contribution in [0.3, 0.4) is 0 Å². The first kappa shape index (κ1) is 23.0. The largest absolute Gasteiger partial charge is 0.497 e. The van der Waals surface area contributed by atoms with Crippen molar-refractivity contribution in [2.45, 2.75) is 25.8 Å². The molecule has 1 aliphatic rings. The van der Waals surface area contributed by atoms with Crippen LogP contribution in [0.4, 0.5) is 17.1 Å². The van der Waals surface area contributed by atoms with E-state index in [1.54, 1.807) is 36.3 Å². The van der Waals surface area contributed by atoms with Gasteiger partial charge in [0.25, 0.3) is 0 Å². The Balaban J connectivity index is 1.64. The molecule has 1 heterocycles. The van der Waals surface area contributed by atoms with Crippen molar-refractivity contribution in [3.63, 3.8) is 0 Å². The molecule has 7 nitrogen and oxygen atoms in total. The minimum Gasteiger partial charge on any atom is -0.497 e. The van der Waals surface area contributed by atoms with Gasteiger partial charge in [0.1, 0.15) is 5.75 Å². The zero-order valence-corrected chi connectivity index (χ0v) is 19.2. The molecule has 2 N–H and O–H groups in total. The van der Waals surface area contributed by atoms with Crippen molar-refractivity contribution in [3.8, 4) is 5.75 Å². The molecule has 0 radical (unpaired) electrons. The summed E-state index contributed by atoms with van der Waals surface area (Å²) in [5.41, 5.74) is 2.89. The molecule has 0 unspecified atom stereocenters. The molecule has 0 aromatic heterocycles. The highest BCUT2D eigenvalue weighted by Gasteiger charge is 2.41. The van der Waals surface area contributed by atoms with Gasteiger partial charge in [-0.1, -0.05) is 30.3 Å². The van der Waals surface area contributed by atoms with Crippen molar-refractivity contribution >= 4 is 34.8 Å². The average molecular weight is 458 g/mol. The number of hydrogen-bond acceptors (Lipinski definition) is 4. The topological polar surface area (TPSA) is 87.7 Å². The van der Waals surface area contributed by atoms with E-state index in [1.807, 2.05) is 54.6 Å². The van der Waals surface area contributed by atoms with Gasteiger partial charge in [0.05, 0.1) is 19.1 Å². The molecule has 1 saturated heterocycles. The van der Waals surface area contributed by atoms with Crippen LogP contribution in [-0.2, 0) is 14.4 Å². The predicted molar refractivity (Wildman–Crippen MR) is 132 cm³/mol. The first-order valence-electron chi connectivity index (χ1n) is 11.2. The second-order valence-corrected chi connectivity index (χ2v) is 8.21. The van der Waals surface area contributed by atoms with Crippen LogP contribution in [-0.4, -0.2) is 24.8 Å². The molecule has 0 aliphatic carbocycles. The summed E-state index contributed by atoms with van der Waals surface area (Å²) >= 11 is 0. The Hall–Kier alpha value is -4.13. The van der Waals surface area contributed by atoms with Crippen molar-refractivity contribution in [1.82, 2.24) is 0 Å². The van der Waals surface area contributed by atoms with E-state index >= 15 is 0 Å². The predicted octanol–water partition coefficient (Wildman–Crippen LogP) is 4.78. The molecule has 0 spiro atoms. The second kappa shape index (κ2) is 10.2. The van der Waals surface area contributed by atoms with Crippen LogP contribution in [0.15, 0.2) is 78.9 Å². The Morgan fingerprint density at radius 2 is 1.50 bits per heavy atom. The number of amides is 3. The summed E-state index contributed by atoms with van der Waals surface area (Å²) in [6, 6.07) is 23.5. The lowest BCUT2D eigenvalue weighted by Gasteiger charge is -2.41. The fourth-order valence-corrected chi connectivity index (χ4v) is 4.32. The standard InChI is InChI=1S/C27H27N3O4/c1-18(31)28-20-8-10-21(11-9-20)29-27(33)24-16-17-25(32)30(22-12-14-23(34-2)15-13-22)26(24)19-6-4-3-5-7-19/h3-15,24,26H,16-17H2,1-2H3,(H,28,31)(H,29,33)/t24-,26+/m1/s1. The third kappa shape index (κ3) is 5.09. The smallest absolute Gasteiger partial charge is 0.229 e. The van der Waals surface area contributed by atoms with Crippen LogP contribution in [0.2, 0.25) is 0 Å². The first-order valence-corrected chi connectivity index (χ1v) is 11.2. The number of rotatable bonds is 6. The molecule has 0 bridgehead atoms. The zero-order chi connectivity index (χ0) is 24.1. The van der Waals surface area contributed by atoms with E-state index in [1.165, 1.54) is 6.92 Å². The number of carbonyl (C=O) groups is 3. The summed E-state index contributed by atoms with van der Waals surface area (Å²) < 4.78 is 5.26. The van der Waals surface area contributed by atoms with Gasteiger partial charge in [-0.15, -0.1) is 0 Å². The third-order valence-corrected chi connectivity index (χ3v) is 5.90. The lowest BCUT2D eigenvalue weighted by atomic mass is 9.83. The van der Waals surface area contributed by atoms with Gasteiger partial charge in [-0.25, -0.2) is 0 Å². The maximum atomic E-state index is 13.5. The normalized spacial score (nSPS) is 17.7. The fourth-order valence-electron chi connectivity index (χ4n) is 4.32. The molecule has 7 heteroatoms. The molecule has 34 heavy (non-hydrogen) atoms. The van der Waals surface area contributed by atoms with Gasteiger partial charge < -0.3 is 20.3 Å². The summed E-state index contributed by atoms with van der Waals surface area (Å²) in [5, 5.41) is 5.70. The summed E-state index contributed by atoms with van der Waals surface area (Å²) in [5.74, 6) is -0.0958. The highest BCUT2D eigenvalue weighted by atomic mass is 16.5. The number of carbonyl (C=O) groups excluding carboxylic acids is 3. The monoisotopic (exact) mass is 457 g/mol. The maximum Gasteiger partial charge on any atom is 0.229 e. The summed E-state index contributed by atoms with van der Waals surface area (Å²) in [6.45, 7) is 1.44. The molecule has 3 aromatic rings. The average Bonchev–Trinajstić information content (AvgIpc) is 2.85. The number of benzene rings is 3. The number of methoxy groups -OCH3 is 1. The molecule has 3 amide bonds. The van der Waals surface area contributed by atoms with Crippen LogP contribution < -0.4 is 20.3 Å². The Morgan fingerprint density at radius 3 is 2.09 bits per heavy atom. The van der Waals surface area contributed by atoms with Crippen molar-refractivity contribution in [3.05, 3.63) is 84.4 Å². The van der Waals surface area contributed by atoms with Gasteiger partial charge in [0, 0.05) is 30.4 Å². The number of nitrogens with one attached hydrogen (secondary N) is 2. The summed E-state index contributed by atoms with van der Waals surface area (Å²) in [6.07, 6.45) is 0.718. The summed E-state index contributed by atoms with van der Waals surface area (Å²) in [4.78, 5) is 39.5. The molecular weight excluding hydrogens is 430 g/mol. The van der Waals surface area contributed by atoms with E-state index in [-0.39, 0.29) is 24.1 Å². The van der Waals surface area contributed by atoms with E-state index in [9.17, 15) is 14.4 Å². The quantitative estimate of drug-likeness (QED) is 0.558. The van der Waals surface area contributed by atoms with Gasteiger partial charge >= 0.3 is 0 Å². The molecular formula is C27H27N3O4. The lowest BCUT2D eigenvalue weighted by Crippen LogP contribution is -2.46. The highest BCUT2D eigenvalue weighted by molar-refractivity contribution is 6.00. The highest BCUT2D eigenvalue weighted by Crippen LogP contribution is 2.40. The van der Waals surface area contributed by atoms with Crippen molar-refractivity contribution in [1.29, 1.82) is 0 Å². The Kier molecular flexibility index (Phi) is 6.92. The van der Waals surface area contributed by atoms with Gasteiger partial charge in [-0.2, -0.15) is 0 Å². The van der Waals surface area contributed by atoms with Gasteiger partial charge in [0.2, 0.25) is 17.7 Å². The van der Waals surface area contributed by atoms with E-state index in [0.29, 0.717) is 23.5 Å². The lowest BCUT2D eigenvalue weighted by molar-refractivity contribution is -0.126. The zero-order valence-electron chi connectivity index (χ0n) is 19.2. The Morgan fingerprint density at radius 1 is 0.882 bits per heavy atom. The van der Waals surface area contributed by atoms with E-state index in [0.717, 1.165) is 11.3 Å². The van der Waals surface area contributed by atoms with Crippen LogP contribution in [0, 0.1) is 5.92 Å². The minimum atomic E-state index is -0.450. The number of nitrogens with zero attached hydrogens (tertiary/aromatic N) is 1. The Bertz CT molecular complexity index is 1160. The SMILES string of the molecule is COc1ccc(N2C(=O)CC[C@@H](C(=O)Nc3ccc(NC(C)=O)cc3)[C@@H]2c2ccccc2)cc1. The van der Waals surface area contributed by atoms with Crippen molar-refractivity contribution in [2.24, 2.45) is 5.92 Å². The Labute approximate surface area is 198 Å². The van der Waals surface area contributed by atoms with Crippen LogP contribution in [0.1, 0.15) is 31.4 Å². The molecule has 2 atom stereocenters. The van der Waals surface area contributed by atoms with E-state index in [2.05, 4.69) is 10.6 Å². The van der Waals surface area contributed by atoms with Gasteiger partial charge in [0.15, 0.2) is 0 Å². The molecule has 3 aromatic carbocycles. The maximum absolute atomic E-state index is 13.5. The molecule has 174 valence electrons.